The Bertz CT molecular complexity index is 432. The van der Waals surface area contributed by atoms with Gasteiger partial charge in [0.15, 0.2) is 11.5 Å². The number of ether oxygens (including phenoxy) is 3. The van der Waals surface area contributed by atoms with E-state index in [-0.39, 0.29) is 18.8 Å². The first-order chi connectivity index (χ1) is 8.17. The predicted molar refractivity (Wildman–Crippen MR) is 70.5 cm³/mol. The molecule has 0 aliphatic heterocycles. The molecule has 0 aliphatic rings. The molecule has 0 amide bonds. The van der Waals surface area contributed by atoms with Gasteiger partial charge in [0.2, 0.25) is 0 Å². The minimum Gasteiger partial charge on any atom is -0.496 e. The Labute approximate surface area is 113 Å². The number of rotatable bonds is 5. The summed E-state index contributed by atoms with van der Waals surface area (Å²) < 4.78 is 15.6. The lowest BCUT2D eigenvalue weighted by Crippen LogP contribution is -2.11. The molecule has 0 heterocycles. The van der Waals surface area contributed by atoms with Crippen LogP contribution in [0.1, 0.15) is 18.0 Å². The van der Waals surface area contributed by atoms with E-state index in [9.17, 15) is 0 Å². The summed E-state index contributed by atoms with van der Waals surface area (Å²) in [6.07, 6.45) is 0.214. The van der Waals surface area contributed by atoms with Crippen molar-refractivity contribution in [2.75, 3.05) is 21.3 Å². The maximum absolute atomic E-state index is 8.66. The molecular formula is C12H17ClN2O3. The van der Waals surface area contributed by atoms with Crippen LogP contribution in [0.2, 0.25) is 0 Å². The van der Waals surface area contributed by atoms with Crippen LogP contribution in [-0.2, 0) is 0 Å². The van der Waals surface area contributed by atoms with E-state index in [4.69, 9.17) is 25.2 Å². The average molecular weight is 273 g/mol. The van der Waals surface area contributed by atoms with Gasteiger partial charge in [-0.1, -0.05) is 0 Å². The van der Waals surface area contributed by atoms with E-state index in [2.05, 4.69) is 0 Å². The zero-order chi connectivity index (χ0) is 12.8. The average Bonchev–Trinajstić information content (AvgIpc) is 2.37. The lowest BCUT2D eigenvalue weighted by molar-refractivity contribution is 0.346. The van der Waals surface area contributed by atoms with Crippen molar-refractivity contribution in [1.29, 1.82) is 5.26 Å². The molecule has 0 bridgehead atoms. The van der Waals surface area contributed by atoms with Crippen LogP contribution in [0, 0.1) is 11.3 Å². The summed E-state index contributed by atoms with van der Waals surface area (Å²) in [5.41, 5.74) is 6.63. The van der Waals surface area contributed by atoms with Crippen LogP contribution in [-0.4, -0.2) is 21.3 Å². The zero-order valence-corrected chi connectivity index (χ0v) is 11.4. The van der Waals surface area contributed by atoms with E-state index < -0.39 is 6.04 Å². The monoisotopic (exact) mass is 272 g/mol. The van der Waals surface area contributed by atoms with Gasteiger partial charge >= 0.3 is 0 Å². The van der Waals surface area contributed by atoms with Gasteiger partial charge in [0.1, 0.15) is 5.75 Å². The quantitative estimate of drug-likeness (QED) is 0.888. The number of methoxy groups -OCH3 is 3. The molecule has 1 aromatic rings. The number of halogens is 1. The maximum Gasteiger partial charge on any atom is 0.164 e. The SMILES string of the molecule is COc1cc(OC)c([C@H](N)CC#N)cc1OC.Cl. The molecule has 0 radical (unpaired) electrons. The van der Waals surface area contributed by atoms with Crippen molar-refractivity contribution >= 4 is 12.4 Å². The fraction of sp³-hybridized carbons (Fsp3) is 0.417. The second-order valence-electron chi connectivity index (χ2n) is 3.42. The molecule has 18 heavy (non-hydrogen) atoms. The molecule has 0 fully saturated rings. The summed E-state index contributed by atoms with van der Waals surface area (Å²) in [5, 5.41) is 8.66. The lowest BCUT2D eigenvalue weighted by atomic mass is 10.0. The fourth-order valence-corrected chi connectivity index (χ4v) is 1.55. The van der Waals surface area contributed by atoms with Crippen LogP contribution >= 0.6 is 12.4 Å². The summed E-state index contributed by atoms with van der Waals surface area (Å²) in [6.45, 7) is 0. The second-order valence-corrected chi connectivity index (χ2v) is 3.42. The molecule has 1 atom stereocenters. The van der Waals surface area contributed by atoms with E-state index >= 15 is 0 Å². The minimum atomic E-state index is -0.408. The van der Waals surface area contributed by atoms with Gasteiger partial charge in [-0.2, -0.15) is 5.26 Å². The summed E-state index contributed by atoms with van der Waals surface area (Å²) in [5.74, 6) is 1.72. The van der Waals surface area contributed by atoms with Crippen LogP contribution < -0.4 is 19.9 Å². The Balaban J connectivity index is 0.00000289. The number of nitrogens with zero attached hydrogens (tertiary/aromatic N) is 1. The number of nitrogens with two attached hydrogens (primary N) is 1. The Hall–Kier alpha value is -1.64. The normalized spacial score (nSPS) is 10.8. The van der Waals surface area contributed by atoms with Crippen molar-refractivity contribution in [3.05, 3.63) is 17.7 Å². The first-order valence-electron chi connectivity index (χ1n) is 5.10. The second kappa shape index (κ2) is 7.64. The van der Waals surface area contributed by atoms with Crippen LogP contribution in [0.3, 0.4) is 0 Å². The standard InChI is InChI=1S/C12H16N2O3.ClH/c1-15-10-7-12(17-3)11(16-2)6-8(10)9(14)4-5-13;/h6-7,9H,4,14H2,1-3H3;1H/t9-;/m1./s1. The molecule has 1 aromatic carbocycles. The predicted octanol–water partition coefficient (Wildman–Crippen LogP) is 2.05. The van der Waals surface area contributed by atoms with E-state index in [1.807, 2.05) is 6.07 Å². The van der Waals surface area contributed by atoms with Crippen molar-refractivity contribution in [3.8, 4) is 23.3 Å². The first kappa shape index (κ1) is 16.4. The van der Waals surface area contributed by atoms with Gasteiger partial charge in [-0.05, 0) is 6.07 Å². The third kappa shape index (κ3) is 3.42. The number of hydrogen-bond acceptors (Lipinski definition) is 5. The van der Waals surface area contributed by atoms with Gasteiger partial charge < -0.3 is 19.9 Å². The van der Waals surface area contributed by atoms with E-state index in [1.165, 1.54) is 0 Å². The van der Waals surface area contributed by atoms with Gasteiger partial charge in [-0.3, -0.25) is 0 Å². The van der Waals surface area contributed by atoms with E-state index in [1.54, 1.807) is 33.5 Å². The van der Waals surface area contributed by atoms with Crippen molar-refractivity contribution in [2.24, 2.45) is 5.73 Å². The van der Waals surface area contributed by atoms with Crippen molar-refractivity contribution in [1.82, 2.24) is 0 Å². The van der Waals surface area contributed by atoms with E-state index in [0.717, 1.165) is 5.56 Å². The highest BCUT2D eigenvalue weighted by Gasteiger charge is 2.16. The third-order valence-electron chi connectivity index (χ3n) is 2.45. The molecule has 0 saturated carbocycles. The number of benzene rings is 1. The summed E-state index contributed by atoms with van der Waals surface area (Å²) in [7, 11) is 4.64. The summed E-state index contributed by atoms with van der Waals surface area (Å²) in [6, 6.07) is 5.06. The zero-order valence-electron chi connectivity index (χ0n) is 10.6. The van der Waals surface area contributed by atoms with Crippen molar-refractivity contribution < 1.29 is 14.2 Å². The fourth-order valence-electron chi connectivity index (χ4n) is 1.55. The Morgan fingerprint density at radius 2 is 1.61 bits per heavy atom. The third-order valence-corrected chi connectivity index (χ3v) is 2.45. The highest BCUT2D eigenvalue weighted by Crippen LogP contribution is 2.37. The molecule has 0 saturated heterocycles. The highest BCUT2D eigenvalue weighted by atomic mass is 35.5. The number of nitriles is 1. The summed E-state index contributed by atoms with van der Waals surface area (Å²) in [4.78, 5) is 0. The van der Waals surface area contributed by atoms with Crippen LogP contribution in [0.5, 0.6) is 17.2 Å². The molecule has 5 nitrogen and oxygen atoms in total. The highest BCUT2D eigenvalue weighted by molar-refractivity contribution is 5.85. The molecule has 100 valence electrons. The maximum atomic E-state index is 8.66. The molecule has 0 unspecified atom stereocenters. The van der Waals surface area contributed by atoms with Crippen LogP contribution in [0.4, 0.5) is 0 Å². The van der Waals surface area contributed by atoms with Gasteiger partial charge in [-0.15, -0.1) is 12.4 Å². The van der Waals surface area contributed by atoms with Crippen LogP contribution in [0.25, 0.3) is 0 Å². The molecule has 0 spiro atoms. The summed E-state index contributed by atoms with van der Waals surface area (Å²) >= 11 is 0. The van der Waals surface area contributed by atoms with Gasteiger partial charge in [0.05, 0.1) is 33.8 Å². The smallest absolute Gasteiger partial charge is 0.164 e. The van der Waals surface area contributed by atoms with Gasteiger partial charge in [-0.25, -0.2) is 0 Å². The Kier molecular flexibility index (Phi) is 6.94. The molecule has 2 N–H and O–H groups in total. The van der Waals surface area contributed by atoms with E-state index in [0.29, 0.717) is 17.2 Å². The lowest BCUT2D eigenvalue weighted by Gasteiger charge is -2.16. The Morgan fingerprint density at radius 3 is 2.06 bits per heavy atom. The topological polar surface area (TPSA) is 77.5 Å². The molecule has 0 aromatic heterocycles. The van der Waals surface area contributed by atoms with Crippen molar-refractivity contribution in [2.45, 2.75) is 12.5 Å². The molecule has 0 aliphatic carbocycles. The Morgan fingerprint density at radius 1 is 1.11 bits per heavy atom. The van der Waals surface area contributed by atoms with Gasteiger partial charge in [0.25, 0.3) is 0 Å². The minimum absolute atomic E-state index is 0. The molecular weight excluding hydrogens is 256 g/mol. The van der Waals surface area contributed by atoms with Crippen molar-refractivity contribution in [3.63, 3.8) is 0 Å². The molecule has 6 heteroatoms. The largest absolute Gasteiger partial charge is 0.496 e. The number of hydrogen-bond donors (Lipinski definition) is 1. The molecule has 1 rings (SSSR count). The van der Waals surface area contributed by atoms with Crippen LogP contribution in [0.15, 0.2) is 12.1 Å². The van der Waals surface area contributed by atoms with Gasteiger partial charge in [0, 0.05) is 17.7 Å². The first-order valence-corrected chi connectivity index (χ1v) is 5.10.